The third-order valence-electron chi connectivity index (χ3n) is 4.22. The number of nitrogens with one attached hydrogen (secondary N) is 1. The fraction of sp³-hybridized carbons (Fsp3) is 1.00. The monoisotopic (exact) mass is 340 g/mol. The molecule has 9 heteroatoms. The van der Waals surface area contributed by atoms with Gasteiger partial charge in [0.1, 0.15) is 9.84 Å². The molecule has 0 aromatic carbocycles. The van der Waals surface area contributed by atoms with Gasteiger partial charge in [0.25, 0.3) is 0 Å². The third kappa shape index (κ3) is 4.38. The second kappa shape index (κ2) is 6.91. The van der Waals surface area contributed by atoms with Crippen molar-refractivity contribution in [3.05, 3.63) is 0 Å². The molecule has 0 amide bonds. The zero-order chi connectivity index (χ0) is 15.5. The lowest BCUT2D eigenvalue weighted by Gasteiger charge is -2.30. The molecule has 1 atom stereocenters. The van der Waals surface area contributed by atoms with Gasteiger partial charge in [-0.2, -0.15) is 4.31 Å². The predicted molar refractivity (Wildman–Crippen MR) is 80.3 cm³/mol. The summed E-state index contributed by atoms with van der Waals surface area (Å²) in [5.74, 6) is -0.128. The first-order chi connectivity index (χ1) is 9.85. The Morgan fingerprint density at radius 1 is 1.19 bits per heavy atom. The van der Waals surface area contributed by atoms with Gasteiger partial charge in [-0.05, 0) is 32.2 Å². The summed E-state index contributed by atoms with van der Waals surface area (Å²) in [6.07, 6.45) is 2.27. The fourth-order valence-corrected chi connectivity index (χ4v) is 6.74. The minimum absolute atomic E-state index is 0.0639. The van der Waals surface area contributed by atoms with Gasteiger partial charge in [-0.25, -0.2) is 16.8 Å². The molecule has 2 saturated heterocycles. The summed E-state index contributed by atoms with van der Waals surface area (Å²) in [4.78, 5) is 0. The van der Waals surface area contributed by atoms with Crippen molar-refractivity contribution in [1.29, 1.82) is 0 Å². The summed E-state index contributed by atoms with van der Waals surface area (Å²) in [5.41, 5.74) is 0. The highest BCUT2D eigenvalue weighted by Gasteiger charge is 2.37. The molecule has 0 saturated carbocycles. The third-order valence-corrected chi connectivity index (χ3v) is 8.30. The molecule has 2 rings (SSSR count). The van der Waals surface area contributed by atoms with Gasteiger partial charge in [-0.3, -0.25) is 0 Å². The highest BCUT2D eigenvalue weighted by Crippen LogP contribution is 2.23. The van der Waals surface area contributed by atoms with E-state index in [1.165, 1.54) is 4.31 Å². The first kappa shape index (κ1) is 17.1. The van der Waals surface area contributed by atoms with Crippen molar-refractivity contribution < 1.29 is 21.9 Å². The van der Waals surface area contributed by atoms with Gasteiger partial charge >= 0.3 is 0 Å². The van der Waals surface area contributed by atoms with Crippen LogP contribution in [0.3, 0.4) is 0 Å². The molecule has 2 fully saturated rings. The van der Waals surface area contributed by atoms with E-state index in [4.69, 9.17) is 5.11 Å². The summed E-state index contributed by atoms with van der Waals surface area (Å²) in [6.45, 7) is 1.09. The lowest BCUT2D eigenvalue weighted by Crippen LogP contribution is -2.48. The average molecular weight is 340 g/mol. The highest BCUT2D eigenvalue weighted by molar-refractivity contribution is 7.92. The van der Waals surface area contributed by atoms with Crippen LogP contribution in [0.5, 0.6) is 0 Å². The summed E-state index contributed by atoms with van der Waals surface area (Å²) >= 11 is 0. The van der Waals surface area contributed by atoms with Crippen LogP contribution in [0.15, 0.2) is 0 Å². The maximum Gasteiger partial charge on any atom is 0.217 e. The van der Waals surface area contributed by atoms with Crippen molar-refractivity contribution in [3.63, 3.8) is 0 Å². The molecule has 21 heavy (non-hydrogen) atoms. The van der Waals surface area contributed by atoms with Crippen molar-refractivity contribution in [2.75, 3.05) is 37.7 Å². The molecule has 7 nitrogen and oxygen atoms in total. The zero-order valence-electron chi connectivity index (χ0n) is 12.1. The molecule has 0 aliphatic carbocycles. The van der Waals surface area contributed by atoms with Gasteiger partial charge in [0.2, 0.25) is 10.0 Å². The molecule has 2 N–H and O–H groups in total. The van der Waals surface area contributed by atoms with Gasteiger partial charge in [0.05, 0.1) is 23.4 Å². The zero-order valence-corrected chi connectivity index (χ0v) is 13.7. The molecule has 1 unspecified atom stereocenters. The molecule has 0 aromatic rings. The average Bonchev–Trinajstić information content (AvgIpc) is 2.90. The van der Waals surface area contributed by atoms with E-state index in [0.717, 1.165) is 19.4 Å². The fourth-order valence-electron chi connectivity index (χ4n) is 2.97. The molecule has 0 spiro atoms. The van der Waals surface area contributed by atoms with Crippen LogP contribution in [-0.4, -0.2) is 75.3 Å². The lowest BCUT2D eigenvalue weighted by atomic mass is 10.2. The molecule has 2 aliphatic rings. The summed E-state index contributed by atoms with van der Waals surface area (Å²) < 4.78 is 49.5. The molecule has 2 aliphatic heterocycles. The largest absolute Gasteiger partial charge is 0.395 e. The minimum atomic E-state index is -3.56. The van der Waals surface area contributed by atoms with Crippen LogP contribution in [0.4, 0.5) is 0 Å². The Kier molecular flexibility index (Phi) is 5.64. The highest BCUT2D eigenvalue weighted by atomic mass is 32.2. The van der Waals surface area contributed by atoms with E-state index in [0.29, 0.717) is 6.54 Å². The van der Waals surface area contributed by atoms with E-state index in [9.17, 15) is 16.8 Å². The van der Waals surface area contributed by atoms with Crippen LogP contribution in [-0.2, 0) is 19.9 Å². The Morgan fingerprint density at radius 2 is 1.86 bits per heavy atom. The van der Waals surface area contributed by atoms with E-state index in [-0.39, 0.29) is 43.5 Å². The second-order valence-electron chi connectivity index (χ2n) is 5.77. The number of aliphatic hydroxyl groups excluding tert-OH is 1. The van der Waals surface area contributed by atoms with Crippen LogP contribution in [0.25, 0.3) is 0 Å². The number of sulfone groups is 1. The summed E-state index contributed by atoms with van der Waals surface area (Å²) in [7, 11) is -6.64. The molecule has 2 heterocycles. The van der Waals surface area contributed by atoms with Gasteiger partial charge in [-0.1, -0.05) is 0 Å². The van der Waals surface area contributed by atoms with E-state index in [2.05, 4.69) is 5.32 Å². The van der Waals surface area contributed by atoms with Crippen molar-refractivity contribution in [1.82, 2.24) is 9.62 Å². The van der Waals surface area contributed by atoms with Crippen molar-refractivity contribution in [3.8, 4) is 0 Å². The molecular formula is C12H24N2O5S2. The number of rotatable bonds is 6. The quantitative estimate of drug-likeness (QED) is 0.639. The van der Waals surface area contributed by atoms with Gasteiger partial charge in [-0.15, -0.1) is 0 Å². The molecule has 0 aromatic heterocycles. The summed E-state index contributed by atoms with van der Waals surface area (Å²) in [5, 5.41) is 11.7. The second-order valence-corrected chi connectivity index (χ2v) is 10.3. The first-order valence-electron chi connectivity index (χ1n) is 7.39. The van der Waals surface area contributed by atoms with Crippen molar-refractivity contribution >= 4 is 19.9 Å². The van der Waals surface area contributed by atoms with E-state index >= 15 is 0 Å². The number of aliphatic hydroxyl groups is 1. The first-order valence-corrected chi connectivity index (χ1v) is 10.7. The predicted octanol–water partition coefficient (Wildman–Crippen LogP) is -1.06. The Bertz CT molecular complexity index is 526. The Balaban J connectivity index is 2.06. The molecular weight excluding hydrogens is 316 g/mol. The smallest absolute Gasteiger partial charge is 0.217 e. The lowest BCUT2D eigenvalue weighted by molar-refractivity contribution is 0.245. The van der Waals surface area contributed by atoms with Crippen LogP contribution in [0.2, 0.25) is 0 Å². The molecule has 0 radical (unpaired) electrons. The number of sulfonamides is 1. The number of hydrogen-bond acceptors (Lipinski definition) is 6. The summed E-state index contributed by atoms with van der Waals surface area (Å²) in [6, 6.07) is 0.124. The number of nitrogens with zero attached hydrogens (tertiary/aromatic N) is 1. The van der Waals surface area contributed by atoms with E-state index in [1.807, 2.05) is 0 Å². The van der Waals surface area contributed by atoms with Gasteiger partial charge in [0.15, 0.2) is 0 Å². The van der Waals surface area contributed by atoms with E-state index < -0.39 is 25.1 Å². The Morgan fingerprint density at radius 3 is 2.38 bits per heavy atom. The Hall–Kier alpha value is -0.220. The van der Waals surface area contributed by atoms with Gasteiger partial charge in [0, 0.05) is 19.1 Å². The van der Waals surface area contributed by atoms with Crippen LogP contribution >= 0.6 is 0 Å². The van der Waals surface area contributed by atoms with Crippen molar-refractivity contribution in [2.24, 2.45) is 0 Å². The molecule has 0 bridgehead atoms. The maximum atomic E-state index is 12.7. The molecule has 124 valence electrons. The SMILES string of the molecule is O=S1(=O)CCC(S(=O)(=O)N(CCO)CC2CCCN2)CC1. The van der Waals surface area contributed by atoms with Gasteiger partial charge < -0.3 is 10.4 Å². The topological polar surface area (TPSA) is 104 Å². The van der Waals surface area contributed by atoms with Crippen LogP contribution in [0, 0.1) is 0 Å². The van der Waals surface area contributed by atoms with E-state index in [1.54, 1.807) is 0 Å². The van der Waals surface area contributed by atoms with Crippen LogP contribution < -0.4 is 5.32 Å². The maximum absolute atomic E-state index is 12.7. The minimum Gasteiger partial charge on any atom is -0.395 e. The Labute approximate surface area is 126 Å². The van der Waals surface area contributed by atoms with Crippen LogP contribution in [0.1, 0.15) is 25.7 Å². The van der Waals surface area contributed by atoms with Crippen molar-refractivity contribution in [2.45, 2.75) is 37.0 Å². The normalized spacial score (nSPS) is 27.2. The standard InChI is InChI=1S/C12H24N2O5S2/c15-7-6-14(10-11-2-1-5-13-11)21(18,19)12-3-8-20(16,17)9-4-12/h11-13,15H,1-10H2. The number of hydrogen-bond donors (Lipinski definition) is 2.